The molecule has 0 N–H and O–H groups in total. The van der Waals surface area contributed by atoms with Crippen LogP contribution in [-0.2, 0) is 12.8 Å². The number of halogens is 6. The van der Waals surface area contributed by atoms with Crippen LogP contribution in [0.4, 0.5) is 26.3 Å². The average molecular weight is 533 g/mol. The first-order chi connectivity index (χ1) is 18.3. The van der Waals surface area contributed by atoms with Gasteiger partial charge in [0.1, 0.15) is 0 Å². The molecule has 0 saturated heterocycles. The number of aryl methyl sites for hydroxylation is 2. The van der Waals surface area contributed by atoms with Gasteiger partial charge in [0, 0.05) is 16.7 Å². The predicted octanol–water partition coefficient (Wildman–Crippen LogP) is 9.36. The summed E-state index contributed by atoms with van der Waals surface area (Å²) < 4.78 is 92.6. The molecule has 0 aromatic heterocycles. The Kier molecular flexibility index (Phi) is 8.85. The summed E-state index contributed by atoms with van der Waals surface area (Å²) in [6, 6.07) is 8.27. The predicted molar refractivity (Wildman–Crippen MR) is 137 cm³/mol. The van der Waals surface area contributed by atoms with E-state index in [1.165, 1.54) is 24.3 Å². The van der Waals surface area contributed by atoms with E-state index in [2.05, 4.69) is 0 Å². The zero-order valence-corrected chi connectivity index (χ0v) is 21.5. The molecule has 0 aliphatic heterocycles. The molecular formula is C31H30F6O. The van der Waals surface area contributed by atoms with Crippen LogP contribution in [0, 0.1) is 40.8 Å². The molecule has 0 spiro atoms. The van der Waals surface area contributed by atoms with Crippen LogP contribution in [0.3, 0.4) is 0 Å². The first kappa shape index (κ1) is 27.8. The second-order valence-electron chi connectivity index (χ2n) is 9.63. The van der Waals surface area contributed by atoms with E-state index in [4.69, 9.17) is 4.74 Å². The third kappa shape index (κ3) is 5.62. The van der Waals surface area contributed by atoms with E-state index >= 15 is 0 Å². The Balaban J connectivity index is 1.44. The van der Waals surface area contributed by atoms with Crippen molar-refractivity contribution in [3.63, 3.8) is 0 Å². The van der Waals surface area contributed by atoms with Crippen molar-refractivity contribution in [2.75, 3.05) is 6.61 Å². The Morgan fingerprint density at radius 3 is 1.87 bits per heavy atom. The van der Waals surface area contributed by atoms with Crippen LogP contribution in [-0.4, -0.2) is 6.61 Å². The van der Waals surface area contributed by atoms with Gasteiger partial charge in [-0.15, -0.1) is 0 Å². The Labute approximate surface area is 219 Å². The van der Waals surface area contributed by atoms with Gasteiger partial charge < -0.3 is 4.74 Å². The first-order valence-electron chi connectivity index (χ1n) is 13.0. The van der Waals surface area contributed by atoms with E-state index in [1.54, 1.807) is 19.1 Å². The fourth-order valence-electron chi connectivity index (χ4n) is 5.05. The fourth-order valence-corrected chi connectivity index (χ4v) is 5.05. The minimum atomic E-state index is -1.30. The molecule has 1 unspecified atom stereocenters. The van der Waals surface area contributed by atoms with Crippen molar-refractivity contribution in [2.24, 2.45) is 5.92 Å². The van der Waals surface area contributed by atoms with Crippen LogP contribution in [0.2, 0.25) is 0 Å². The fraction of sp³-hybridized carbons (Fsp3) is 0.355. The molecule has 1 aliphatic rings. The standard InChI is InChI=1S/C31H30F6O/c1-3-5-20-12-14-22(28(34)26(20)32)19-9-6-18(7-10-19)8-11-21-13-15-23(29(35)27(21)33)24-16-17-25(38-4-2)31(37)30(24)36/h9,12-18H,3-8,10-11H2,1-2H3. The van der Waals surface area contributed by atoms with Gasteiger partial charge in [0.15, 0.2) is 34.8 Å². The lowest BCUT2D eigenvalue weighted by atomic mass is 9.83. The first-order valence-corrected chi connectivity index (χ1v) is 13.0. The van der Waals surface area contributed by atoms with Crippen LogP contribution < -0.4 is 4.74 Å². The van der Waals surface area contributed by atoms with Crippen LogP contribution in [0.1, 0.15) is 62.6 Å². The van der Waals surface area contributed by atoms with Gasteiger partial charge >= 0.3 is 0 Å². The SMILES string of the molecule is CCCc1ccc(C2=CCC(CCc3ccc(-c4ccc(OCC)c(F)c4F)c(F)c3F)CC2)c(F)c1F. The number of benzene rings is 3. The minimum absolute atomic E-state index is 0.132. The molecule has 0 bridgehead atoms. The summed E-state index contributed by atoms with van der Waals surface area (Å²) in [6.45, 7) is 3.66. The number of hydrogen-bond donors (Lipinski definition) is 0. The highest BCUT2D eigenvalue weighted by molar-refractivity contribution is 5.68. The Bertz CT molecular complexity index is 1350. The monoisotopic (exact) mass is 532 g/mol. The number of hydrogen-bond acceptors (Lipinski definition) is 1. The summed E-state index contributed by atoms with van der Waals surface area (Å²) in [4.78, 5) is 0. The molecule has 0 heterocycles. The van der Waals surface area contributed by atoms with Crippen molar-refractivity contribution in [1.82, 2.24) is 0 Å². The lowest BCUT2D eigenvalue weighted by Gasteiger charge is -2.23. The van der Waals surface area contributed by atoms with Crippen LogP contribution in [0.5, 0.6) is 5.75 Å². The molecule has 3 aromatic rings. The molecule has 38 heavy (non-hydrogen) atoms. The van der Waals surface area contributed by atoms with Gasteiger partial charge in [0.05, 0.1) is 6.61 Å². The van der Waals surface area contributed by atoms with Crippen LogP contribution in [0.15, 0.2) is 42.5 Å². The molecule has 3 aromatic carbocycles. The highest BCUT2D eigenvalue weighted by atomic mass is 19.2. The maximum atomic E-state index is 14.9. The lowest BCUT2D eigenvalue weighted by Crippen LogP contribution is -2.09. The Morgan fingerprint density at radius 1 is 0.684 bits per heavy atom. The number of allylic oxidation sites excluding steroid dienone is 2. The maximum absolute atomic E-state index is 14.9. The number of ether oxygens (including phenoxy) is 1. The summed E-state index contributed by atoms with van der Waals surface area (Å²) in [7, 11) is 0. The van der Waals surface area contributed by atoms with Crippen LogP contribution in [0.25, 0.3) is 16.7 Å². The van der Waals surface area contributed by atoms with Gasteiger partial charge in [-0.2, -0.15) is 4.39 Å². The molecule has 1 nitrogen and oxygen atoms in total. The molecule has 0 amide bonds. The third-order valence-electron chi connectivity index (χ3n) is 7.17. The highest BCUT2D eigenvalue weighted by Gasteiger charge is 2.23. The van der Waals surface area contributed by atoms with Crippen molar-refractivity contribution < 1.29 is 31.1 Å². The quantitative estimate of drug-likeness (QED) is 0.250. The second kappa shape index (κ2) is 12.1. The van der Waals surface area contributed by atoms with E-state index in [-0.39, 0.29) is 46.9 Å². The van der Waals surface area contributed by atoms with E-state index in [9.17, 15) is 26.3 Å². The van der Waals surface area contributed by atoms with E-state index in [1.807, 2.05) is 13.0 Å². The molecular weight excluding hydrogens is 502 g/mol. The molecule has 0 fully saturated rings. The van der Waals surface area contributed by atoms with E-state index in [0.29, 0.717) is 37.7 Å². The summed E-state index contributed by atoms with van der Waals surface area (Å²) >= 11 is 0. The Hall–Kier alpha value is -3.22. The molecule has 4 rings (SSSR count). The molecule has 1 atom stereocenters. The van der Waals surface area contributed by atoms with Gasteiger partial charge in [-0.25, -0.2) is 22.0 Å². The number of rotatable bonds is 9. The summed E-state index contributed by atoms with van der Waals surface area (Å²) in [6.07, 6.45) is 5.82. The smallest absolute Gasteiger partial charge is 0.201 e. The topological polar surface area (TPSA) is 9.23 Å². The Morgan fingerprint density at radius 2 is 1.26 bits per heavy atom. The maximum Gasteiger partial charge on any atom is 0.201 e. The molecule has 7 heteroatoms. The molecule has 202 valence electrons. The van der Waals surface area contributed by atoms with Crippen molar-refractivity contribution >= 4 is 5.57 Å². The van der Waals surface area contributed by atoms with E-state index < -0.39 is 34.9 Å². The summed E-state index contributed by atoms with van der Waals surface area (Å²) in [5.41, 5.74) is 0.806. The van der Waals surface area contributed by atoms with E-state index in [0.717, 1.165) is 12.0 Å². The van der Waals surface area contributed by atoms with Gasteiger partial charge in [0.25, 0.3) is 0 Å². The van der Waals surface area contributed by atoms with Gasteiger partial charge in [-0.3, -0.25) is 0 Å². The van der Waals surface area contributed by atoms with Crippen molar-refractivity contribution in [3.8, 4) is 16.9 Å². The van der Waals surface area contributed by atoms with Gasteiger partial charge in [-0.05, 0) is 80.2 Å². The largest absolute Gasteiger partial charge is 0.491 e. The molecule has 0 saturated carbocycles. The van der Waals surface area contributed by atoms with Crippen molar-refractivity contribution in [1.29, 1.82) is 0 Å². The minimum Gasteiger partial charge on any atom is -0.491 e. The second-order valence-corrected chi connectivity index (χ2v) is 9.63. The average Bonchev–Trinajstić information content (AvgIpc) is 2.92. The van der Waals surface area contributed by atoms with Gasteiger partial charge in [0.2, 0.25) is 5.82 Å². The summed E-state index contributed by atoms with van der Waals surface area (Å²) in [5, 5.41) is 0. The molecule has 0 radical (unpaired) electrons. The molecule has 1 aliphatic carbocycles. The zero-order valence-electron chi connectivity index (χ0n) is 21.5. The van der Waals surface area contributed by atoms with Gasteiger partial charge in [-0.1, -0.05) is 43.7 Å². The highest BCUT2D eigenvalue weighted by Crippen LogP contribution is 2.36. The van der Waals surface area contributed by atoms with Crippen molar-refractivity contribution in [2.45, 2.75) is 58.8 Å². The van der Waals surface area contributed by atoms with Crippen molar-refractivity contribution in [3.05, 3.63) is 94.1 Å². The normalized spacial score (nSPS) is 15.5. The zero-order chi connectivity index (χ0) is 27.4. The summed E-state index contributed by atoms with van der Waals surface area (Å²) in [5.74, 6) is -6.61. The van der Waals surface area contributed by atoms with Crippen LogP contribution >= 0.6 is 0 Å². The lowest BCUT2D eigenvalue weighted by molar-refractivity contribution is 0.314. The third-order valence-corrected chi connectivity index (χ3v) is 7.17.